The summed E-state index contributed by atoms with van der Waals surface area (Å²) in [5.74, 6) is -0.248. The van der Waals surface area contributed by atoms with E-state index in [4.69, 9.17) is 0 Å². The zero-order valence-corrected chi connectivity index (χ0v) is 10.8. The molecule has 0 aliphatic rings. The number of hydrogen-bond donors (Lipinski definition) is 1. The van der Waals surface area contributed by atoms with Gasteiger partial charge in [-0.15, -0.1) is 0 Å². The largest absolute Gasteiger partial charge is 0.427 e. The van der Waals surface area contributed by atoms with Crippen molar-refractivity contribution >= 4 is 13.5 Å². The highest BCUT2D eigenvalue weighted by Crippen LogP contribution is 2.29. The Kier molecular flexibility index (Phi) is 3.68. The lowest BCUT2D eigenvalue weighted by molar-refractivity contribution is 0.512. The van der Waals surface area contributed by atoms with Gasteiger partial charge in [0.1, 0.15) is 5.82 Å². The minimum absolute atomic E-state index is 0.239. The number of rotatable bonds is 3. The van der Waals surface area contributed by atoms with Crippen LogP contribution in [0.5, 0.6) is 0 Å². The molecule has 0 heterocycles. The van der Waals surface area contributed by atoms with Gasteiger partial charge in [-0.25, -0.2) is 4.39 Å². The molecule has 0 amide bonds. The smallest absolute Gasteiger partial charge is 0.225 e. The lowest BCUT2D eigenvalue weighted by atomic mass is 10.3. The predicted molar refractivity (Wildman–Crippen MR) is 64.2 cm³/mol. The molecule has 1 nitrogen and oxygen atoms in total. The molecule has 0 saturated heterocycles. The van der Waals surface area contributed by atoms with Gasteiger partial charge in [-0.2, -0.15) is 0 Å². The van der Waals surface area contributed by atoms with Crippen LogP contribution >= 0.6 is 0 Å². The highest BCUT2D eigenvalue weighted by molar-refractivity contribution is 6.87. The molecule has 3 heteroatoms. The van der Waals surface area contributed by atoms with Gasteiger partial charge in [-0.05, 0) is 28.4 Å². The van der Waals surface area contributed by atoms with Crippen molar-refractivity contribution in [1.82, 2.24) is 0 Å². The first-order valence-electron chi connectivity index (χ1n) is 5.37. The summed E-state index contributed by atoms with van der Waals surface area (Å²) in [6.45, 7) is 8.15. The summed E-state index contributed by atoms with van der Waals surface area (Å²) in [6.07, 6.45) is 0. The number of hydrogen-bond acceptors (Lipinski definition) is 1. The van der Waals surface area contributed by atoms with Crippen molar-refractivity contribution in [3.8, 4) is 0 Å². The molecule has 1 rings (SSSR count). The van der Waals surface area contributed by atoms with Crippen LogP contribution in [0.3, 0.4) is 0 Å². The van der Waals surface area contributed by atoms with Crippen molar-refractivity contribution in [2.75, 3.05) is 0 Å². The second kappa shape index (κ2) is 4.45. The molecule has 1 aromatic rings. The van der Waals surface area contributed by atoms with Crippen LogP contribution in [0.4, 0.5) is 4.39 Å². The highest BCUT2D eigenvalue weighted by atomic mass is 28.4. The van der Waals surface area contributed by atoms with E-state index in [9.17, 15) is 9.19 Å². The fourth-order valence-electron chi connectivity index (χ4n) is 2.05. The molecule has 0 spiro atoms. The Morgan fingerprint density at radius 1 is 1.00 bits per heavy atom. The first-order valence-corrected chi connectivity index (χ1v) is 7.47. The van der Waals surface area contributed by atoms with E-state index in [0.29, 0.717) is 0 Å². The van der Waals surface area contributed by atoms with E-state index in [1.54, 1.807) is 12.1 Å². The first kappa shape index (κ1) is 12.4. The number of halogens is 1. The monoisotopic (exact) mass is 226 g/mol. The summed E-state index contributed by atoms with van der Waals surface area (Å²) < 4.78 is 12.8. The Labute approximate surface area is 92.1 Å². The molecular weight excluding hydrogens is 207 g/mol. The fraction of sp³-hybridized carbons (Fsp3) is 0.500. The Morgan fingerprint density at radius 2 is 1.40 bits per heavy atom. The Hall–Kier alpha value is -0.673. The van der Waals surface area contributed by atoms with E-state index in [-0.39, 0.29) is 16.9 Å². The van der Waals surface area contributed by atoms with Crippen molar-refractivity contribution in [2.24, 2.45) is 0 Å². The molecule has 0 atom stereocenters. The van der Waals surface area contributed by atoms with Crippen molar-refractivity contribution in [1.29, 1.82) is 0 Å². The molecule has 0 saturated carbocycles. The molecule has 1 aromatic carbocycles. The molecule has 1 N–H and O–H groups in total. The predicted octanol–water partition coefficient (Wildman–Crippen LogP) is 2.79. The van der Waals surface area contributed by atoms with Gasteiger partial charge in [0.15, 0.2) is 0 Å². The molecule has 0 unspecified atom stereocenters. The standard InChI is InChI=1S/C12H19FOSi/c1-9(2)15(14,10(3)4)12-7-5-11(13)6-8-12/h5-10,14H,1-4H3. The molecule has 0 aliphatic heterocycles. The van der Waals surface area contributed by atoms with E-state index in [1.165, 1.54) is 12.1 Å². The third-order valence-corrected chi connectivity index (χ3v) is 7.85. The second-order valence-electron chi connectivity index (χ2n) is 4.64. The maximum absolute atomic E-state index is 12.8. The van der Waals surface area contributed by atoms with Gasteiger partial charge in [0.25, 0.3) is 0 Å². The van der Waals surface area contributed by atoms with Crippen LogP contribution in [0, 0.1) is 5.82 Å². The molecule has 15 heavy (non-hydrogen) atoms. The van der Waals surface area contributed by atoms with Gasteiger partial charge in [0, 0.05) is 0 Å². The van der Waals surface area contributed by atoms with Crippen molar-refractivity contribution in [2.45, 2.75) is 38.8 Å². The summed E-state index contributed by atoms with van der Waals surface area (Å²) in [7, 11) is -2.47. The molecule has 0 fully saturated rings. The molecule has 0 radical (unpaired) electrons. The zero-order chi connectivity index (χ0) is 11.6. The summed E-state index contributed by atoms with van der Waals surface area (Å²) in [5.41, 5.74) is 0.478. The fourth-order valence-corrected chi connectivity index (χ4v) is 5.42. The van der Waals surface area contributed by atoms with E-state index in [2.05, 4.69) is 0 Å². The van der Waals surface area contributed by atoms with E-state index in [1.807, 2.05) is 27.7 Å². The topological polar surface area (TPSA) is 20.2 Å². The number of benzene rings is 1. The average molecular weight is 226 g/mol. The molecule has 84 valence electrons. The van der Waals surface area contributed by atoms with Crippen LogP contribution in [-0.2, 0) is 0 Å². The summed E-state index contributed by atoms with van der Waals surface area (Å²) in [5, 5.41) is 0.925. The van der Waals surface area contributed by atoms with Crippen LogP contribution in [0.2, 0.25) is 11.1 Å². The third kappa shape index (κ3) is 2.29. The lowest BCUT2D eigenvalue weighted by Crippen LogP contribution is -2.53. The van der Waals surface area contributed by atoms with Crippen LogP contribution in [0.1, 0.15) is 27.7 Å². The van der Waals surface area contributed by atoms with Gasteiger partial charge in [-0.3, -0.25) is 0 Å². The van der Waals surface area contributed by atoms with Crippen LogP contribution < -0.4 is 5.19 Å². The van der Waals surface area contributed by atoms with E-state index < -0.39 is 8.32 Å². The Bertz CT molecular complexity index is 311. The molecule has 0 aromatic heterocycles. The van der Waals surface area contributed by atoms with Gasteiger partial charge in [-0.1, -0.05) is 39.8 Å². The Balaban J connectivity index is 3.16. The van der Waals surface area contributed by atoms with Gasteiger partial charge in [0.05, 0.1) is 0 Å². The molecule has 0 bridgehead atoms. The minimum Gasteiger partial charge on any atom is -0.427 e. The normalized spacial score (nSPS) is 12.5. The van der Waals surface area contributed by atoms with Crippen LogP contribution in [0.15, 0.2) is 24.3 Å². The quantitative estimate of drug-likeness (QED) is 0.786. The van der Waals surface area contributed by atoms with Gasteiger partial charge < -0.3 is 4.80 Å². The third-order valence-electron chi connectivity index (χ3n) is 3.07. The molecular formula is C12H19FOSi. The summed E-state index contributed by atoms with van der Waals surface area (Å²) in [4.78, 5) is 10.7. The van der Waals surface area contributed by atoms with Crippen LogP contribution in [0.25, 0.3) is 0 Å². The SMILES string of the molecule is CC(C)[Si](O)(c1ccc(F)cc1)C(C)C. The zero-order valence-electron chi connectivity index (χ0n) is 9.79. The van der Waals surface area contributed by atoms with Crippen LogP contribution in [-0.4, -0.2) is 13.1 Å². The Morgan fingerprint density at radius 3 is 1.73 bits per heavy atom. The summed E-state index contributed by atoms with van der Waals surface area (Å²) in [6, 6.07) is 6.30. The van der Waals surface area contributed by atoms with Gasteiger partial charge >= 0.3 is 0 Å². The van der Waals surface area contributed by atoms with Gasteiger partial charge in [0.2, 0.25) is 8.32 Å². The lowest BCUT2D eigenvalue weighted by Gasteiger charge is -2.33. The summed E-state index contributed by atoms with van der Waals surface area (Å²) >= 11 is 0. The van der Waals surface area contributed by atoms with Crippen molar-refractivity contribution < 1.29 is 9.19 Å². The van der Waals surface area contributed by atoms with E-state index in [0.717, 1.165) is 5.19 Å². The second-order valence-corrected chi connectivity index (χ2v) is 9.18. The maximum Gasteiger partial charge on any atom is 0.225 e. The van der Waals surface area contributed by atoms with Crippen molar-refractivity contribution in [3.63, 3.8) is 0 Å². The average Bonchev–Trinajstić information content (AvgIpc) is 2.17. The minimum atomic E-state index is -2.47. The van der Waals surface area contributed by atoms with E-state index >= 15 is 0 Å². The maximum atomic E-state index is 12.8. The molecule has 0 aliphatic carbocycles. The highest BCUT2D eigenvalue weighted by Gasteiger charge is 2.40. The first-order chi connectivity index (χ1) is 6.89. The van der Waals surface area contributed by atoms with Crippen molar-refractivity contribution in [3.05, 3.63) is 30.1 Å².